The molecule has 1 fully saturated rings. The van der Waals surface area contributed by atoms with Crippen LogP contribution in [0.15, 0.2) is 59.8 Å². The minimum Gasteiger partial charge on any atom is -0.368 e. The highest BCUT2D eigenvalue weighted by Crippen LogP contribution is 2.22. The van der Waals surface area contributed by atoms with Crippen LogP contribution in [-0.4, -0.2) is 63.4 Å². The second-order valence-corrected chi connectivity index (χ2v) is 9.53. The Labute approximate surface area is 210 Å². The van der Waals surface area contributed by atoms with Gasteiger partial charge in [0.15, 0.2) is 11.0 Å². The van der Waals surface area contributed by atoms with Crippen molar-refractivity contribution in [2.24, 2.45) is 0 Å². The minimum absolute atomic E-state index is 0.107. The molecular formula is C26H32N6O2S. The Hall–Kier alpha value is -3.33. The van der Waals surface area contributed by atoms with Crippen LogP contribution in [0.25, 0.3) is 0 Å². The second-order valence-electron chi connectivity index (χ2n) is 8.59. The summed E-state index contributed by atoms with van der Waals surface area (Å²) in [5, 5.41) is 12.4. The van der Waals surface area contributed by atoms with Gasteiger partial charge in [-0.3, -0.25) is 9.59 Å². The lowest BCUT2D eigenvalue weighted by Gasteiger charge is -2.36. The number of carbonyl (C=O) groups excluding carboxylic acids is 2. The number of thioether (sulfide) groups is 1. The zero-order valence-electron chi connectivity index (χ0n) is 20.5. The first-order valence-corrected chi connectivity index (χ1v) is 13.0. The van der Waals surface area contributed by atoms with Crippen molar-refractivity contribution in [2.45, 2.75) is 38.5 Å². The van der Waals surface area contributed by atoms with Crippen LogP contribution in [0.5, 0.6) is 0 Å². The van der Waals surface area contributed by atoms with Gasteiger partial charge in [0.25, 0.3) is 5.91 Å². The van der Waals surface area contributed by atoms with Crippen molar-refractivity contribution in [3.63, 3.8) is 0 Å². The molecule has 8 nitrogen and oxygen atoms in total. The number of benzene rings is 2. The number of carbonyl (C=O) groups is 2. The van der Waals surface area contributed by atoms with E-state index in [0.717, 1.165) is 18.7 Å². The summed E-state index contributed by atoms with van der Waals surface area (Å²) in [6.07, 6.45) is 0. The quantitative estimate of drug-likeness (QED) is 0.485. The average molecular weight is 493 g/mol. The van der Waals surface area contributed by atoms with Gasteiger partial charge in [-0.2, -0.15) is 0 Å². The van der Waals surface area contributed by atoms with E-state index >= 15 is 0 Å². The van der Waals surface area contributed by atoms with E-state index in [-0.39, 0.29) is 17.9 Å². The van der Waals surface area contributed by atoms with Gasteiger partial charge in [-0.05, 0) is 44.5 Å². The molecule has 0 saturated carbocycles. The van der Waals surface area contributed by atoms with Crippen LogP contribution in [0.1, 0.15) is 41.6 Å². The van der Waals surface area contributed by atoms with E-state index in [1.807, 2.05) is 72.7 Å². The van der Waals surface area contributed by atoms with Crippen LogP contribution >= 0.6 is 11.8 Å². The van der Waals surface area contributed by atoms with E-state index in [1.54, 1.807) is 0 Å². The van der Waals surface area contributed by atoms with E-state index < -0.39 is 0 Å². The largest absolute Gasteiger partial charge is 0.368 e. The highest BCUT2D eigenvalue weighted by atomic mass is 32.2. The first-order valence-electron chi connectivity index (χ1n) is 12.0. The van der Waals surface area contributed by atoms with Gasteiger partial charge in [0.2, 0.25) is 5.91 Å². The molecular weight excluding hydrogens is 460 g/mol. The van der Waals surface area contributed by atoms with E-state index in [4.69, 9.17) is 0 Å². The lowest BCUT2D eigenvalue weighted by Crippen LogP contribution is -2.49. The first-order chi connectivity index (χ1) is 17.0. The number of hydrogen-bond acceptors (Lipinski definition) is 6. The summed E-state index contributed by atoms with van der Waals surface area (Å²) < 4.78 is 1.97. The third-order valence-corrected chi connectivity index (χ3v) is 7.22. The number of para-hydroxylation sites is 1. The molecule has 0 aliphatic carbocycles. The van der Waals surface area contributed by atoms with Gasteiger partial charge in [0.1, 0.15) is 0 Å². The third-order valence-electron chi connectivity index (χ3n) is 6.26. The fourth-order valence-corrected chi connectivity index (χ4v) is 5.17. The van der Waals surface area contributed by atoms with Crippen molar-refractivity contribution in [3.05, 3.63) is 71.5 Å². The summed E-state index contributed by atoms with van der Waals surface area (Å²) in [7, 11) is 0. The maximum atomic E-state index is 12.9. The summed E-state index contributed by atoms with van der Waals surface area (Å²) in [5.74, 6) is 0.963. The summed E-state index contributed by atoms with van der Waals surface area (Å²) in [6.45, 7) is 9.56. The van der Waals surface area contributed by atoms with E-state index in [1.165, 1.54) is 17.4 Å². The molecule has 2 heterocycles. The van der Waals surface area contributed by atoms with Crippen molar-refractivity contribution < 1.29 is 9.59 Å². The maximum absolute atomic E-state index is 12.9. The molecule has 2 aromatic carbocycles. The molecule has 35 heavy (non-hydrogen) atoms. The highest BCUT2D eigenvalue weighted by molar-refractivity contribution is 7.99. The molecule has 2 amide bonds. The number of piperazine rings is 1. The molecule has 1 aliphatic rings. The fraction of sp³-hybridized carbons (Fsp3) is 0.385. The molecule has 1 aliphatic heterocycles. The zero-order chi connectivity index (χ0) is 24.8. The summed E-state index contributed by atoms with van der Waals surface area (Å²) in [5.41, 5.74) is 2.77. The van der Waals surface area contributed by atoms with Crippen LogP contribution in [0, 0.1) is 6.92 Å². The van der Waals surface area contributed by atoms with Crippen LogP contribution < -0.4 is 10.2 Å². The normalized spacial score (nSPS) is 14.6. The molecule has 1 N–H and O–H groups in total. The number of amides is 2. The van der Waals surface area contributed by atoms with Crippen LogP contribution in [0.3, 0.4) is 0 Å². The van der Waals surface area contributed by atoms with Crippen LogP contribution in [0.2, 0.25) is 0 Å². The van der Waals surface area contributed by atoms with Gasteiger partial charge in [0, 0.05) is 44.0 Å². The zero-order valence-corrected chi connectivity index (χ0v) is 21.3. The van der Waals surface area contributed by atoms with Crippen molar-refractivity contribution in [1.82, 2.24) is 25.0 Å². The van der Waals surface area contributed by atoms with E-state index in [0.29, 0.717) is 41.9 Å². The number of rotatable bonds is 8. The molecule has 1 saturated heterocycles. The Morgan fingerprint density at radius 1 is 1.00 bits per heavy atom. The van der Waals surface area contributed by atoms with Gasteiger partial charge in [-0.25, -0.2) is 0 Å². The second kappa shape index (κ2) is 11.4. The minimum atomic E-state index is -0.314. The summed E-state index contributed by atoms with van der Waals surface area (Å²) in [4.78, 5) is 29.8. The molecule has 4 rings (SSSR count). The number of aryl methyl sites for hydroxylation is 1. The van der Waals surface area contributed by atoms with Gasteiger partial charge in [0.05, 0.1) is 11.8 Å². The molecule has 0 spiro atoms. The van der Waals surface area contributed by atoms with Crippen molar-refractivity contribution in [1.29, 1.82) is 0 Å². The summed E-state index contributed by atoms with van der Waals surface area (Å²) >= 11 is 1.40. The number of hydrogen-bond donors (Lipinski definition) is 1. The number of anilines is 1. The van der Waals surface area contributed by atoms with Gasteiger partial charge in [-0.15, -0.1) is 10.2 Å². The van der Waals surface area contributed by atoms with Crippen LogP contribution in [-0.2, 0) is 11.3 Å². The van der Waals surface area contributed by atoms with Gasteiger partial charge < -0.3 is 19.7 Å². The molecule has 0 radical (unpaired) electrons. The van der Waals surface area contributed by atoms with Gasteiger partial charge in [-0.1, -0.05) is 48.2 Å². The third kappa shape index (κ3) is 5.85. The Morgan fingerprint density at radius 2 is 1.69 bits per heavy atom. The number of nitrogens with one attached hydrogen (secondary N) is 1. The smallest absolute Gasteiger partial charge is 0.252 e. The molecule has 1 aromatic heterocycles. The molecule has 184 valence electrons. The lowest BCUT2D eigenvalue weighted by atomic mass is 10.1. The van der Waals surface area contributed by atoms with Crippen molar-refractivity contribution in [3.8, 4) is 0 Å². The monoisotopic (exact) mass is 492 g/mol. The van der Waals surface area contributed by atoms with Gasteiger partial charge >= 0.3 is 0 Å². The fourth-order valence-electron chi connectivity index (χ4n) is 4.26. The number of nitrogens with zero attached hydrogens (tertiary/aromatic N) is 5. The Balaban J connectivity index is 1.32. The molecule has 1 atom stereocenters. The Bertz CT molecular complexity index is 1160. The number of aromatic nitrogens is 3. The van der Waals surface area contributed by atoms with E-state index in [2.05, 4.69) is 32.5 Å². The summed E-state index contributed by atoms with van der Waals surface area (Å²) in [6, 6.07) is 17.5. The molecule has 1 unspecified atom stereocenters. The maximum Gasteiger partial charge on any atom is 0.252 e. The van der Waals surface area contributed by atoms with E-state index in [9.17, 15) is 9.59 Å². The topological polar surface area (TPSA) is 83.4 Å². The van der Waals surface area contributed by atoms with Crippen molar-refractivity contribution in [2.75, 3.05) is 36.8 Å². The average Bonchev–Trinajstić information content (AvgIpc) is 3.31. The Kier molecular flexibility index (Phi) is 8.07. The predicted molar refractivity (Wildman–Crippen MR) is 139 cm³/mol. The lowest BCUT2D eigenvalue weighted by molar-refractivity contribution is -0.128. The van der Waals surface area contributed by atoms with Crippen molar-refractivity contribution >= 4 is 29.3 Å². The Morgan fingerprint density at radius 3 is 2.37 bits per heavy atom. The SMILES string of the molecule is CCn1c(SCC(=O)N2CCN(c3ccccc3)CC2)nnc1C(C)NC(=O)c1ccccc1C. The predicted octanol–water partition coefficient (Wildman–Crippen LogP) is 3.54. The van der Waals surface area contributed by atoms with Crippen LogP contribution in [0.4, 0.5) is 5.69 Å². The highest BCUT2D eigenvalue weighted by Gasteiger charge is 2.24. The molecule has 0 bridgehead atoms. The molecule has 9 heteroatoms. The first kappa shape index (κ1) is 24.8. The molecule has 3 aromatic rings. The standard InChI is InChI=1S/C26H32N6O2S/c1-4-32-24(20(3)27-25(34)22-13-9-8-10-19(22)2)28-29-26(32)35-18-23(33)31-16-14-30(15-17-31)21-11-6-5-7-12-21/h5-13,20H,4,14-18H2,1-3H3,(H,27,34).